The Morgan fingerprint density at radius 3 is 2.61 bits per heavy atom. The highest BCUT2D eigenvalue weighted by atomic mass is 32.1. The molecule has 4 aromatic heterocycles. The van der Waals surface area contributed by atoms with Crippen LogP contribution in [0, 0.1) is 4.64 Å². The third-order valence-electron chi connectivity index (χ3n) is 4.09. The van der Waals surface area contributed by atoms with Gasteiger partial charge in [0.15, 0.2) is 5.43 Å². The lowest BCUT2D eigenvalue weighted by molar-refractivity contribution is 1.08. The molecule has 5 nitrogen and oxygen atoms in total. The number of fused-ring (bicyclic) bond motifs is 5. The summed E-state index contributed by atoms with van der Waals surface area (Å²) in [5.74, 6) is 0.727. The summed E-state index contributed by atoms with van der Waals surface area (Å²) in [6.45, 7) is 0. The highest BCUT2D eigenvalue weighted by Crippen LogP contribution is 2.23. The Kier molecular flexibility index (Phi) is 2.33. The van der Waals surface area contributed by atoms with Gasteiger partial charge in [-0.05, 0) is 30.3 Å². The lowest BCUT2D eigenvalue weighted by atomic mass is 10.2. The fourth-order valence-electron chi connectivity index (χ4n) is 3.01. The van der Waals surface area contributed by atoms with Crippen LogP contribution in [0.25, 0.3) is 28.0 Å². The van der Waals surface area contributed by atoms with Crippen molar-refractivity contribution in [2.75, 3.05) is 0 Å². The van der Waals surface area contributed by atoms with Gasteiger partial charge in [0.2, 0.25) is 5.78 Å². The summed E-state index contributed by atoms with van der Waals surface area (Å²) in [5, 5.41) is 0. The summed E-state index contributed by atoms with van der Waals surface area (Å²) in [7, 11) is 0. The van der Waals surface area contributed by atoms with E-state index in [1.807, 2.05) is 50.0 Å². The highest BCUT2D eigenvalue weighted by molar-refractivity contribution is 7.71. The molecule has 6 heteroatoms. The van der Waals surface area contributed by atoms with Crippen LogP contribution in [0.3, 0.4) is 0 Å². The second kappa shape index (κ2) is 4.27. The minimum Gasteiger partial charge on any atom is -0.324 e. The van der Waals surface area contributed by atoms with Gasteiger partial charge in [-0.15, -0.1) is 0 Å². The van der Waals surface area contributed by atoms with Crippen LogP contribution < -0.4 is 5.43 Å². The van der Waals surface area contributed by atoms with E-state index < -0.39 is 0 Å². The van der Waals surface area contributed by atoms with Gasteiger partial charge >= 0.3 is 0 Å². The molecule has 23 heavy (non-hydrogen) atoms. The summed E-state index contributed by atoms with van der Waals surface area (Å²) in [5.41, 5.74) is 3.51. The van der Waals surface area contributed by atoms with Gasteiger partial charge in [0, 0.05) is 36.4 Å². The third-order valence-corrected chi connectivity index (χ3v) is 4.48. The average molecular weight is 318 g/mol. The van der Waals surface area contributed by atoms with E-state index in [2.05, 4.69) is 11.1 Å². The van der Waals surface area contributed by atoms with Crippen molar-refractivity contribution in [2.45, 2.75) is 0 Å². The number of imidazole rings is 2. The van der Waals surface area contributed by atoms with E-state index in [9.17, 15) is 4.79 Å². The summed E-state index contributed by atoms with van der Waals surface area (Å²) >= 11 is 5.57. The van der Waals surface area contributed by atoms with Crippen molar-refractivity contribution in [1.82, 2.24) is 18.4 Å². The molecule has 0 atom stereocenters. The van der Waals surface area contributed by atoms with E-state index >= 15 is 0 Å². The molecule has 0 aliphatic rings. The van der Waals surface area contributed by atoms with Gasteiger partial charge in [0.05, 0.1) is 16.6 Å². The number of hydrogen-bond acceptors (Lipinski definition) is 3. The second-order valence-electron chi connectivity index (χ2n) is 5.43. The van der Waals surface area contributed by atoms with Gasteiger partial charge < -0.3 is 4.57 Å². The molecular formula is C17H10N4OS. The first kappa shape index (κ1) is 12.5. The van der Waals surface area contributed by atoms with E-state index in [0.717, 1.165) is 22.5 Å². The zero-order valence-corrected chi connectivity index (χ0v) is 12.7. The lowest BCUT2D eigenvalue weighted by Gasteiger charge is -2.02. The van der Waals surface area contributed by atoms with E-state index in [4.69, 9.17) is 12.2 Å². The molecule has 0 amide bonds. The van der Waals surface area contributed by atoms with Crippen molar-refractivity contribution >= 4 is 34.5 Å². The Labute approximate surface area is 135 Å². The fraction of sp³-hybridized carbons (Fsp3) is 0. The molecule has 0 bridgehead atoms. The Bertz CT molecular complexity index is 1300. The molecule has 0 aliphatic carbocycles. The summed E-state index contributed by atoms with van der Waals surface area (Å²) < 4.78 is 6.42. The van der Waals surface area contributed by atoms with Crippen molar-refractivity contribution < 1.29 is 0 Å². The summed E-state index contributed by atoms with van der Waals surface area (Å²) in [6.07, 6.45) is 5.71. The fourth-order valence-corrected chi connectivity index (χ4v) is 3.35. The van der Waals surface area contributed by atoms with Crippen LogP contribution in [0.5, 0.6) is 0 Å². The molecule has 5 aromatic rings. The number of rotatable bonds is 1. The van der Waals surface area contributed by atoms with E-state index in [0.29, 0.717) is 10.2 Å². The minimum absolute atomic E-state index is 0.0540. The molecule has 0 saturated heterocycles. The highest BCUT2D eigenvalue weighted by Gasteiger charge is 2.13. The number of pyridine rings is 1. The van der Waals surface area contributed by atoms with Crippen LogP contribution in [0.4, 0.5) is 0 Å². The van der Waals surface area contributed by atoms with Crippen LogP contribution in [-0.4, -0.2) is 18.4 Å². The first-order valence-corrected chi connectivity index (χ1v) is 7.57. The normalized spacial score (nSPS) is 11.8. The van der Waals surface area contributed by atoms with Crippen LogP contribution >= 0.6 is 12.2 Å². The standard InChI is InChI=1S/C17H10N4OS/c22-12-5-8-20-15(10-12)16(23)21-14-9-11(19-6-1-2-7-19)3-4-13(14)18-17(20)21/h1-10H. The predicted molar refractivity (Wildman–Crippen MR) is 91.3 cm³/mol. The van der Waals surface area contributed by atoms with Crippen LogP contribution in [-0.2, 0) is 0 Å². The average Bonchev–Trinajstić information content (AvgIpc) is 3.25. The maximum atomic E-state index is 11.6. The lowest BCUT2D eigenvalue weighted by Crippen LogP contribution is -1.98. The minimum atomic E-state index is -0.0540. The third kappa shape index (κ3) is 1.63. The Balaban J connectivity index is 1.96. The van der Waals surface area contributed by atoms with Gasteiger partial charge in [-0.2, -0.15) is 0 Å². The van der Waals surface area contributed by atoms with Crippen molar-refractivity contribution in [2.24, 2.45) is 0 Å². The first-order chi connectivity index (χ1) is 11.2. The molecule has 0 aliphatic heterocycles. The molecule has 0 saturated carbocycles. The van der Waals surface area contributed by atoms with E-state index in [1.165, 1.54) is 6.07 Å². The van der Waals surface area contributed by atoms with Gasteiger partial charge in [0.1, 0.15) is 4.64 Å². The maximum absolute atomic E-state index is 11.6. The van der Waals surface area contributed by atoms with Gasteiger partial charge in [0.25, 0.3) is 0 Å². The van der Waals surface area contributed by atoms with Crippen molar-refractivity contribution in [3.63, 3.8) is 0 Å². The number of benzene rings is 1. The second-order valence-corrected chi connectivity index (χ2v) is 5.82. The van der Waals surface area contributed by atoms with Crippen LogP contribution in [0.15, 0.2) is 65.8 Å². The molecule has 0 unspecified atom stereocenters. The monoisotopic (exact) mass is 318 g/mol. The number of nitrogens with zero attached hydrogens (tertiary/aromatic N) is 4. The van der Waals surface area contributed by atoms with Crippen molar-refractivity contribution in [3.8, 4) is 5.69 Å². The smallest absolute Gasteiger partial charge is 0.220 e. The van der Waals surface area contributed by atoms with Gasteiger partial charge in [-0.3, -0.25) is 13.6 Å². The summed E-state index contributed by atoms with van der Waals surface area (Å²) in [6, 6.07) is 13.1. The zero-order valence-electron chi connectivity index (χ0n) is 11.9. The van der Waals surface area contributed by atoms with Crippen molar-refractivity contribution in [3.05, 3.63) is 75.9 Å². The number of aromatic nitrogens is 4. The molecule has 0 fully saturated rings. The van der Waals surface area contributed by atoms with Gasteiger partial charge in [-0.25, -0.2) is 4.98 Å². The van der Waals surface area contributed by atoms with Gasteiger partial charge in [-0.1, -0.05) is 12.2 Å². The molecule has 5 rings (SSSR count). The molecule has 0 spiro atoms. The van der Waals surface area contributed by atoms with Crippen LogP contribution in [0.1, 0.15) is 0 Å². The topological polar surface area (TPSA) is 43.7 Å². The number of hydrogen-bond donors (Lipinski definition) is 0. The SMILES string of the molecule is O=c1ccn2c(c1)c(=S)n1c3cc(-n4cccc4)ccc3nc21. The van der Waals surface area contributed by atoms with E-state index in [1.54, 1.807) is 12.3 Å². The molecule has 0 radical (unpaired) electrons. The Morgan fingerprint density at radius 1 is 0.957 bits per heavy atom. The Hall–Kier alpha value is -2.99. The predicted octanol–water partition coefficient (Wildman–Crippen LogP) is 3.06. The Morgan fingerprint density at radius 2 is 1.78 bits per heavy atom. The first-order valence-electron chi connectivity index (χ1n) is 7.16. The summed E-state index contributed by atoms with van der Waals surface area (Å²) in [4.78, 5) is 16.3. The molecule has 0 N–H and O–H groups in total. The quantitative estimate of drug-likeness (QED) is 0.446. The van der Waals surface area contributed by atoms with Crippen LogP contribution in [0.2, 0.25) is 0 Å². The molecule has 4 heterocycles. The largest absolute Gasteiger partial charge is 0.324 e. The zero-order chi connectivity index (χ0) is 15.6. The molecule has 110 valence electrons. The van der Waals surface area contributed by atoms with Crippen molar-refractivity contribution in [1.29, 1.82) is 0 Å². The van der Waals surface area contributed by atoms with E-state index in [-0.39, 0.29) is 5.43 Å². The molecule has 1 aromatic carbocycles. The molecular weight excluding hydrogens is 308 g/mol. The maximum Gasteiger partial charge on any atom is 0.220 e.